The third kappa shape index (κ3) is 3.51. The van der Waals surface area contributed by atoms with E-state index in [2.05, 4.69) is 0 Å². The number of hydrogen-bond donors (Lipinski definition) is 0. The zero-order chi connectivity index (χ0) is 19.7. The molecule has 3 aromatic carbocycles. The molecule has 140 valence electrons. The highest BCUT2D eigenvalue weighted by Crippen LogP contribution is 2.35. The maximum atomic E-state index is 13.7. The monoisotopic (exact) mass is 378 g/mol. The largest absolute Gasteiger partial charge is 0.489 e. The molecule has 4 rings (SSSR count). The van der Waals surface area contributed by atoms with Crippen LogP contribution in [-0.2, 0) is 6.61 Å². The van der Waals surface area contributed by atoms with E-state index < -0.39 is 11.6 Å². The number of carbonyl (C=O) groups excluding carboxylic acids is 1. The summed E-state index contributed by atoms with van der Waals surface area (Å²) in [5.74, 6) is -0.630. The summed E-state index contributed by atoms with van der Waals surface area (Å²) >= 11 is 0. The molecule has 3 aromatic rings. The van der Waals surface area contributed by atoms with Crippen LogP contribution in [0.15, 0.2) is 66.4 Å². The Bertz CT molecular complexity index is 1080. The average molecular weight is 378 g/mol. The molecule has 1 aliphatic rings. The molecular formula is C23H16F2O3. The van der Waals surface area contributed by atoms with Gasteiger partial charge in [0.2, 0.25) is 5.78 Å². The lowest BCUT2D eigenvalue weighted by Crippen LogP contribution is -2.01. The Hall–Kier alpha value is -3.47. The topological polar surface area (TPSA) is 35.5 Å². The van der Waals surface area contributed by atoms with Gasteiger partial charge in [-0.3, -0.25) is 4.79 Å². The zero-order valence-electron chi connectivity index (χ0n) is 15.0. The molecule has 3 nitrogen and oxygen atoms in total. The minimum Gasteiger partial charge on any atom is -0.489 e. The number of halogens is 2. The summed E-state index contributed by atoms with van der Waals surface area (Å²) in [6.45, 7) is 1.70. The van der Waals surface area contributed by atoms with E-state index in [9.17, 15) is 13.6 Å². The Labute approximate surface area is 160 Å². The molecule has 0 amide bonds. The molecule has 0 fully saturated rings. The summed E-state index contributed by atoms with van der Waals surface area (Å²) in [4.78, 5) is 12.5. The second-order valence-corrected chi connectivity index (χ2v) is 6.50. The Balaban J connectivity index is 1.54. The van der Waals surface area contributed by atoms with Crippen LogP contribution in [0.25, 0.3) is 6.08 Å². The molecule has 5 heteroatoms. The number of hydrogen-bond acceptors (Lipinski definition) is 3. The predicted octanol–water partition coefficient (Wildman–Crippen LogP) is 5.47. The van der Waals surface area contributed by atoms with Gasteiger partial charge in [0.1, 0.15) is 29.7 Å². The van der Waals surface area contributed by atoms with Gasteiger partial charge in [-0.25, -0.2) is 8.78 Å². The van der Waals surface area contributed by atoms with Gasteiger partial charge in [-0.2, -0.15) is 0 Å². The lowest BCUT2D eigenvalue weighted by Gasteiger charge is -2.09. The highest BCUT2D eigenvalue weighted by molar-refractivity contribution is 6.14. The van der Waals surface area contributed by atoms with E-state index in [4.69, 9.17) is 9.47 Å². The molecule has 28 heavy (non-hydrogen) atoms. The van der Waals surface area contributed by atoms with Gasteiger partial charge in [-0.15, -0.1) is 0 Å². The van der Waals surface area contributed by atoms with Gasteiger partial charge in [0.05, 0.1) is 11.1 Å². The van der Waals surface area contributed by atoms with Gasteiger partial charge in [0.25, 0.3) is 0 Å². The van der Waals surface area contributed by atoms with Crippen LogP contribution in [-0.4, -0.2) is 5.78 Å². The van der Waals surface area contributed by atoms with Crippen molar-refractivity contribution in [2.45, 2.75) is 13.5 Å². The quantitative estimate of drug-likeness (QED) is 0.565. The van der Waals surface area contributed by atoms with E-state index in [1.165, 1.54) is 18.2 Å². The van der Waals surface area contributed by atoms with E-state index in [1.54, 1.807) is 24.3 Å². The highest BCUT2D eigenvalue weighted by atomic mass is 19.1. The van der Waals surface area contributed by atoms with E-state index in [0.717, 1.165) is 11.1 Å². The fourth-order valence-corrected chi connectivity index (χ4v) is 2.99. The summed E-state index contributed by atoms with van der Waals surface area (Å²) < 4.78 is 38.6. The van der Waals surface area contributed by atoms with Crippen LogP contribution >= 0.6 is 0 Å². The van der Waals surface area contributed by atoms with Gasteiger partial charge in [0, 0.05) is 6.07 Å². The van der Waals surface area contributed by atoms with E-state index in [-0.39, 0.29) is 23.7 Å². The van der Waals surface area contributed by atoms with E-state index in [0.29, 0.717) is 17.1 Å². The molecule has 0 N–H and O–H groups in total. The number of ether oxygens (including phenoxy) is 2. The summed E-state index contributed by atoms with van der Waals surface area (Å²) in [6, 6.07) is 16.1. The normalized spacial score (nSPS) is 14.1. The van der Waals surface area contributed by atoms with Gasteiger partial charge in [-0.1, -0.05) is 35.9 Å². The first-order chi connectivity index (χ1) is 13.5. The van der Waals surface area contributed by atoms with E-state index >= 15 is 0 Å². The molecule has 1 heterocycles. The Kier molecular flexibility index (Phi) is 4.65. The van der Waals surface area contributed by atoms with Gasteiger partial charge in [-0.05, 0) is 42.8 Å². The number of carbonyl (C=O) groups is 1. The SMILES string of the molecule is Cc1cccc(/C=C2\Oc3cc(OCc4c(F)cccc4F)ccc3C2=O)c1. The average Bonchev–Trinajstić information content (AvgIpc) is 2.96. The summed E-state index contributed by atoms with van der Waals surface area (Å²) in [5, 5.41) is 0. The summed E-state index contributed by atoms with van der Waals surface area (Å²) in [5.41, 5.74) is 2.21. The first-order valence-electron chi connectivity index (χ1n) is 8.72. The number of benzene rings is 3. The molecule has 0 unspecified atom stereocenters. The molecule has 0 atom stereocenters. The Morgan fingerprint density at radius 2 is 1.75 bits per heavy atom. The lowest BCUT2D eigenvalue weighted by atomic mass is 10.1. The van der Waals surface area contributed by atoms with Crippen molar-refractivity contribution >= 4 is 11.9 Å². The van der Waals surface area contributed by atoms with Crippen LogP contribution in [0.3, 0.4) is 0 Å². The van der Waals surface area contributed by atoms with Crippen LogP contribution in [0.4, 0.5) is 8.78 Å². The molecule has 0 aliphatic carbocycles. The number of ketones is 1. The molecule has 1 aliphatic heterocycles. The number of allylic oxidation sites excluding steroid dienone is 1. The molecule has 0 aromatic heterocycles. The molecule has 0 bridgehead atoms. The number of fused-ring (bicyclic) bond motifs is 1. The van der Waals surface area contributed by atoms with Gasteiger partial charge >= 0.3 is 0 Å². The first kappa shape index (κ1) is 17.9. The third-order valence-corrected chi connectivity index (χ3v) is 4.43. The maximum Gasteiger partial charge on any atom is 0.231 e. The standard InChI is InChI=1S/C23H16F2O3/c1-14-4-2-5-15(10-14)11-22-23(26)17-9-8-16(12-21(17)28-22)27-13-18-19(24)6-3-7-20(18)25/h2-12H,13H2,1H3/b22-11-. The lowest BCUT2D eigenvalue weighted by molar-refractivity contribution is 0.101. The van der Waals surface area contributed by atoms with Crippen molar-refractivity contribution in [3.63, 3.8) is 0 Å². The third-order valence-electron chi connectivity index (χ3n) is 4.43. The highest BCUT2D eigenvalue weighted by Gasteiger charge is 2.27. The Morgan fingerprint density at radius 3 is 2.50 bits per heavy atom. The summed E-state index contributed by atoms with van der Waals surface area (Å²) in [7, 11) is 0. The van der Waals surface area contributed by atoms with Gasteiger partial charge in [0.15, 0.2) is 5.76 Å². The number of aryl methyl sites for hydroxylation is 1. The molecular weight excluding hydrogens is 362 g/mol. The van der Waals surface area contributed by atoms with Crippen molar-refractivity contribution in [2.75, 3.05) is 0 Å². The van der Waals surface area contributed by atoms with Crippen LogP contribution in [0.5, 0.6) is 11.5 Å². The zero-order valence-corrected chi connectivity index (χ0v) is 15.0. The molecule has 0 saturated carbocycles. The van der Waals surface area contributed by atoms with Crippen molar-refractivity contribution < 1.29 is 23.0 Å². The number of rotatable bonds is 4. The van der Waals surface area contributed by atoms with Crippen molar-refractivity contribution in [3.05, 3.63) is 100 Å². The van der Waals surface area contributed by atoms with Crippen LogP contribution < -0.4 is 9.47 Å². The van der Waals surface area contributed by atoms with Crippen LogP contribution in [0.2, 0.25) is 0 Å². The van der Waals surface area contributed by atoms with Crippen molar-refractivity contribution in [1.29, 1.82) is 0 Å². The molecule has 0 saturated heterocycles. The second-order valence-electron chi connectivity index (χ2n) is 6.50. The van der Waals surface area contributed by atoms with Crippen molar-refractivity contribution in [2.24, 2.45) is 0 Å². The fourth-order valence-electron chi connectivity index (χ4n) is 2.99. The minimum absolute atomic E-state index is 0.153. The van der Waals surface area contributed by atoms with Gasteiger partial charge < -0.3 is 9.47 Å². The van der Waals surface area contributed by atoms with Crippen molar-refractivity contribution in [3.8, 4) is 11.5 Å². The smallest absolute Gasteiger partial charge is 0.231 e. The van der Waals surface area contributed by atoms with Crippen LogP contribution in [0, 0.1) is 18.6 Å². The van der Waals surface area contributed by atoms with Crippen molar-refractivity contribution in [1.82, 2.24) is 0 Å². The molecule has 0 radical (unpaired) electrons. The van der Waals surface area contributed by atoms with Crippen LogP contribution in [0.1, 0.15) is 27.0 Å². The fraction of sp³-hybridized carbons (Fsp3) is 0.0870. The maximum absolute atomic E-state index is 13.7. The number of Topliss-reactive ketones (excluding diaryl/α,β-unsaturated/α-hetero) is 1. The Morgan fingerprint density at radius 1 is 1.00 bits per heavy atom. The summed E-state index contributed by atoms with van der Waals surface area (Å²) in [6.07, 6.45) is 1.69. The predicted molar refractivity (Wildman–Crippen MR) is 101 cm³/mol. The second kappa shape index (κ2) is 7.27. The first-order valence-corrected chi connectivity index (χ1v) is 8.72. The minimum atomic E-state index is -0.670. The molecule has 0 spiro atoms. The van der Waals surface area contributed by atoms with E-state index in [1.807, 2.05) is 31.2 Å².